The summed E-state index contributed by atoms with van der Waals surface area (Å²) in [5, 5.41) is 21.2. The van der Waals surface area contributed by atoms with Crippen molar-refractivity contribution < 1.29 is 5.11 Å². The number of nitriles is 1. The predicted molar refractivity (Wildman–Crippen MR) is 63.2 cm³/mol. The molecule has 17 heavy (non-hydrogen) atoms. The fourth-order valence-corrected chi connectivity index (χ4v) is 2.07. The molecule has 0 aromatic carbocycles. The van der Waals surface area contributed by atoms with Crippen LogP contribution in [0.3, 0.4) is 0 Å². The van der Waals surface area contributed by atoms with Crippen LogP contribution in [0.5, 0.6) is 0 Å². The van der Waals surface area contributed by atoms with Gasteiger partial charge in [0.1, 0.15) is 11.9 Å². The van der Waals surface area contributed by atoms with Gasteiger partial charge >= 0.3 is 0 Å². The van der Waals surface area contributed by atoms with Gasteiger partial charge in [0.2, 0.25) is 0 Å². The molecule has 0 radical (unpaired) electrons. The molecule has 1 fully saturated rings. The van der Waals surface area contributed by atoms with Crippen molar-refractivity contribution in [3.8, 4) is 6.07 Å². The summed E-state index contributed by atoms with van der Waals surface area (Å²) in [6.45, 7) is 0.854. The van der Waals surface area contributed by atoms with Gasteiger partial charge in [-0.25, -0.2) is 9.97 Å². The van der Waals surface area contributed by atoms with E-state index in [-0.39, 0.29) is 6.10 Å². The van der Waals surface area contributed by atoms with E-state index in [2.05, 4.69) is 15.3 Å². The highest BCUT2D eigenvalue weighted by Gasteiger charge is 2.18. The number of aliphatic hydroxyl groups excluding tert-OH is 1. The minimum atomic E-state index is -0.110. The molecule has 1 aliphatic carbocycles. The van der Waals surface area contributed by atoms with Crippen molar-refractivity contribution in [1.29, 1.82) is 5.26 Å². The molecule has 0 saturated heterocycles. The lowest BCUT2D eigenvalue weighted by molar-refractivity contribution is 0.111. The van der Waals surface area contributed by atoms with E-state index in [0.29, 0.717) is 17.4 Å². The molecular weight excluding hydrogens is 216 g/mol. The Kier molecular flexibility index (Phi) is 3.89. The van der Waals surface area contributed by atoms with Gasteiger partial charge < -0.3 is 10.4 Å². The molecule has 2 N–H and O–H groups in total. The zero-order valence-corrected chi connectivity index (χ0v) is 9.63. The van der Waals surface area contributed by atoms with Crippen LogP contribution < -0.4 is 5.32 Å². The third kappa shape index (κ3) is 3.40. The molecule has 1 aromatic rings. The summed E-state index contributed by atoms with van der Waals surface area (Å²) in [6.07, 6.45) is 6.83. The highest BCUT2D eigenvalue weighted by atomic mass is 16.3. The fourth-order valence-electron chi connectivity index (χ4n) is 2.07. The number of hydrogen-bond acceptors (Lipinski definition) is 5. The largest absolute Gasteiger partial charge is 0.393 e. The van der Waals surface area contributed by atoms with E-state index in [1.165, 1.54) is 6.20 Å². The molecule has 0 spiro atoms. The van der Waals surface area contributed by atoms with E-state index in [4.69, 9.17) is 5.26 Å². The molecule has 2 rings (SSSR count). The molecule has 0 aliphatic heterocycles. The Morgan fingerprint density at radius 2 is 2.06 bits per heavy atom. The Bertz CT molecular complexity index is 390. The second-order valence-corrected chi connectivity index (χ2v) is 4.45. The van der Waals surface area contributed by atoms with Crippen LogP contribution in [0.25, 0.3) is 0 Å². The Morgan fingerprint density at radius 3 is 2.65 bits per heavy atom. The van der Waals surface area contributed by atoms with Gasteiger partial charge in [-0.2, -0.15) is 5.26 Å². The van der Waals surface area contributed by atoms with Crippen LogP contribution in [0.15, 0.2) is 12.4 Å². The lowest BCUT2D eigenvalue weighted by atomic mass is 9.87. The summed E-state index contributed by atoms with van der Waals surface area (Å²) in [4.78, 5) is 8.05. The number of anilines is 1. The quantitative estimate of drug-likeness (QED) is 0.821. The Morgan fingerprint density at radius 1 is 1.29 bits per heavy atom. The first kappa shape index (κ1) is 11.8. The second-order valence-electron chi connectivity index (χ2n) is 4.45. The molecule has 0 unspecified atom stereocenters. The predicted octanol–water partition coefficient (Wildman–Crippen LogP) is 1.31. The monoisotopic (exact) mass is 232 g/mol. The van der Waals surface area contributed by atoms with Crippen LogP contribution >= 0.6 is 0 Å². The molecule has 90 valence electrons. The zero-order chi connectivity index (χ0) is 12.1. The lowest BCUT2D eigenvalue weighted by Crippen LogP contribution is -2.23. The third-order valence-electron chi connectivity index (χ3n) is 3.15. The highest BCUT2D eigenvalue weighted by Crippen LogP contribution is 2.24. The fraction of sp³-hybridized carbons (Fsp3) is 0.583. The van der Waals surface area contributed by atoms with E-state index in [9.17, 15) is 5.11 Å². The first-order valence-corrected chi connectivity index (χ1v) is 5.92. The summed E-state index contributed by atoms with van der Waals surface area (Å²) >= 11 is 0. The first-order valence-electron chi connectivity index (χ1n) is 5.92. The van der Waals surface area contributed by atoms with Crippen LogP contribution in [-0.4, -0.2) is 27.7 Å². The summed E-state index contributed by atoms with van der Waals surface area (Å²) in [5.41, 5.74) is 0.330. The first-order chi connectivity index (χ1) is 8.28. The summed E-state index contributed by atoms with van der Waals surface area (Å²) < 4.78 is 0. The van der Waals surface area contributed by atoms with Gasteiger partial charge in [-0.05, 0) is 31.6 Å². The van der Waals surface area contributed by atoms with Gasteiger partial charge in [-0.1, -0.05) is 0 Å². The average Bonchev–Trinajstić information content (AvgIpc) is 2.39. The van der Waals surface area contributed by atoms with Crippen LogP contribution in [0.2, 0.25) is 0 Å². The van der Waals surface area contributed by atoms with Crippen molar-refractivity contribution in [2.45, 2.75) is 31.8 Å². The number of nitrogens with zero attached hydrogens (tertiary/aromatic N) is 3. The maximum atomic E-state index is 9.40. The molecule has 1 aromatic heterocycles. The maximum absolute atomic E-state index is 9.40. The van der Waals surface area contributed by atoms with Gasteiger partial charge in [0, 0.05) is 6.54 Å². The highest BCUT2D eigenvalue weighted by molar-refractivity contribution is 5.33. The van der Waals surface area contributed by atoms with Crippen molar-refractivity contribution in [3.63, 3.8) is 0 Å². The smallest absolute Gasteiger partial charge is 0.158 e. The minimum absolute atomic E-state index is 0.110. The molecule has 1 saturated carbocycles. The van der Waals surface area contributed by atoms with Crippen molar-refractivity contribution in [2.24, 2.45) is 5.92 Å². The topological polar surface area (TPSA) is 81.8 Å². The Labute approximate surface area is 101 Å². The van der Waals surface area contributed by atoms with Crippen molar-refractivity contribution >= 4 is 5.82 Å². The van der Waals surface area contributed by atoms with Crippen molar-refractivity contribution in [2.75, 3.05) is 11.9 Å². The molecule has 5 nitrogen and oxygen atoms in total. The van der Waals surface area contributed by atoms with E-state index in [0.717, 1.165) is 32.2 Å². The Balaban J connectivity index is 1.79. The molecule has 1 heterocycles. The summed E-state index contributed by atoms with van der Waals surface area (Å²) in [6, 6.07) is 1.94. The average molecular weight is 232 g/mol. The minimum Gasteiger partial charge on any atom is -0.393 e. The number of hydrogen-bond donors (Lipinski definition) is 2. The van der Waals surface area contributed by atoms with E-state index < -0.39 is 0 Å². The number of nitrogens with one attached hydrogen (secondary N) is 1. The molecular formula is C12H16N4O. The second kappa shape index (κ2) is 5.60. The van der Waals surface area contributed by atoms with Crippen LogP contribution in [-0.2, 0) is 0 Å². The van der Waals surface area contributed by atoms with E-state index >= 15 is 0 Å². The summed E-state index contributed by atoms with van der Waals surface area (Å²) in [5.74, 6) is 1.30. The maximum Gasteiger partial charge on any atom is 0.158 e. The molecule has 0 amide bonds. The van der Waals surface area contributed by atoms with Crippen molar-refractivity contribution in [1.82, 2.24) is 9.97 Å². The SMILES string of the molecule is N#Cc1cnc(NCC2CCC(O)CC2)cn1. The molecule has 0 atom stereocenters. The number of aromatic nitrogens is 2. The van der Waals surface area contributed by atoms with Gasteiger partial charge in [0.25, 0.3) is 0 Å². The van der Waals surface area contributed by atoms with Crippen LogP contribution in [0, 0.1) is 17.2 Å². The van der Waals surface area contributed by atoms with Gasteiger partial charge in [-0.3, -0.25) is 0 Å². The molecule has 1 aliphatic rings. The standard InChI is InChI=1S/C12H16N4O/c13-5-10-7-16-12(8-14-10)15-6-9-1-3-11(17)4-2-9/h7-9,11,17H,1-4,6H2,(H,15,16). The molecule has 5 heteroatoms. The zero-order valence-electron chi connectivity index (χ0n) is 9.63. The Hall–Kier alpha value is -1.67. The van der Waals surface area contributed by atoms with E-state index in [1.807, 2.05) is 6.07 Å². The van der Waals surface area contributed by atoms with E-state index in [1.54, 1.807) is 6.20 Å². The third-order valence-corrected chi connectivity index (χ3v) is 3.15. The molecule has 0 bridgehead atoms. The van der Waals surface area contributed by atoms with Gasteiger partial charge in [-0.15, -0.1) is 0 Å². The van der Waals surface area contributed by atoms with Gasteiger partial charge in [0.05, 0.1) is 18.5 Å². The summed E-state index contributed by atoms with van der Waals surface area (Å²) in [7, 11) is 0. The number of rotatable bonds is 3. The van der Waals surface area contributed by atoms with Crippen LogP contribution in [0.1, 0.15) is 31.4 Å². The normalized spacial score (nSPS) is 24.0. The van der Waals surface area contributed by atoms with Crippen molar-refractivity contribution in [3.05, 3.63) is 18.1 Å². The lowest BCUT2D eigenvalue weighted by Gasteiger charge is -2.25. The van der Waals surface area contributed by atoms with Gasteiger partial charge in [0.15, 0.2) is 5.69 Å². The number of aliphatic hydroxyl groups is 1. The van der Waals surface area contributed by atoms with Crippen LogP contribution in [0.4, 0.5) is 5.82 Å².